The number of ether oxygens (including phenoxy) is 1. The average molecular weight is 543 g/mol. The number of likely N-dealkylation sites (tertiary alicyclic amines) is 1. The lowest BCUT2D eigenvalue weighted by molar-refractivity contribution is -0.140. The average Bonchev–Trinajstić information content (AvgIpc) is 3.14. The quantitative estimate of drug-likeness (QED) is 0.397. The molecule has 3 unspecified atom stereocenters. The van der Waals surface area contributed by atoms with Crippen molar-refractivity contribution < 1.29 is 19.1 Å². The molecule has 0 spiro atoms. The maximum atomic E-state index is 13.7. The van der Waals surface area contributed by atoms with Crippen molar-refractivity contribution in [2.75, 3.05) is 13.2 Å². The van der Waals surface area contributed by atoms with E-state index in [0.717, 1.165) is 42.5 Å². The van der Waals surface area contributed by atoms with Crippen molar-refractivity contribution >= 4 is 17.8 Å². The molecule has 3 aliphatic rings. The lowest BCUT2D eigenvalue weighted by atomic mass is 9.65. The smallest absolute Gasteiger partial charge is 0.336 e. The molecule has 2 aromatic carbocycles. The van der Waals surface area contributed by atoms with Crippen molar-refractivity contribution in [1.29, 1.82) is 0 Å². The maximum absolute atomic E-state index is 13.7. The molecular weight excluding hydrogens is 500 g/mol. The minimum absolute atomic E-state index is 0.0442. The Kier molecular flexibility index (Phi) is 7.41. The van der Waals surface area contributed by atoms with Gasteiger partial charge >= 0.3 is 5.97 Å². The van der Waals surface area contributed by atoms with Gasteiger partial charge in [-0.2, -0.15) is 0 Å². The summed E-state index contributed by atoms with van der Waals surface area (Å²) in [6, 6.07) is 15.9. The summed E-state index contributed by atoms with van der Waals surface area (Å²) in [7, 11) is 0. The number of benzene rings is 2. The van der Waals surface area contributed by atoms with Crippen molar-refractivity contribution in [2.45, 2.75) is 85.7 Å². The van der Waals surface area contributed by atoms with Gasteiger partial charge in [0.2, 0.25) is 5.91 Å². The van der Waals surface area contributed by atoms with Crippen LogP contribution < -0.4 is 0 Å². The molecule has 2 bridgehead atoms. The monoisotopic (exact) mass is 542 g/mol. The van der Waals surface area contributed by atoms with E-state index in [1.54, 1.807) is 11.8 Å². The lowest BCUT2D eigenvalue weighted by Crippen LogP contribution is -2.38. The number of hydrogen-bond acceptors (Lipinski definition) is 4. The van der Waals surface area contributed by atoms with Gasteiger partial charge < -0.3 is 14.5 Å². The van der Waals surface area contributed by atoms with E-state index in [1.165, 1.54) is 0 Å². The number of fused-ring (bicyclic) bond motifs is 2. The molecule has 6 heteroatoms. The van der Waals surface area contributed by atoms with E-state index in [1.807, 2.05) is 62.4 Å². The Labute approximate surface area is 238 Å². The van der Waals surface area contributed by atoms with Gasteiger partial charge in [0, 0.05) is 36.2 Å². The van der Waals surface area contributed by atoms with Gasteiger partial charge in [-0.1, -0.05) is 62.7 Å². The van der Waals surface area contributed by atoms with Crippen molar-refractivity contribution in [1.82, 2.24) is 9.80 Å². The summed E-state index contributed by atoms with van der Waals surface area (Å²) in [5.41, 5.74) is 5.08. The van der Waals surface area contributed by atoms with Crippen LogP contribution in [-0.2, 0) is 20.9 Å². The van der Waals surface area contributed by atoms with Gasteiger partial charge in [0.25, 0.3) is 5.91 Å². The SMILES string of the molecule is CCOC(=O)C1=C(C)N(Cc2cccc(C(=O)N3CC4(C)CC3CC(C)(C)C4)c2)C(=O)CC1c1cccc(C)c1. The van der Waals surface area contributed by atoms with Crippen molar-refractivity contribution in [3.05, 3.63) is 82.1 Å². The predicted molar refractivity (Wildman–Crippen MR) is 155 cm³/mol. The number of aryl methyl sites for hydroxylation is 1. The second kappa shape index (κ2) is 10.5. The first-order chi connectivity index (χ1) is 18.9. The van der Waals surface area contributed by atoms with E-state index in [9.17, 15) is 14.4 Å². The molecule has 212 valence electrons. The second-order valence-electron chi connectivity index (χ2n) is 13.2. The molecule has 40 heavy (non-hydrogen) atoms. The van der Waals surface area contributed by atoms with Crippen LogP contribution in [-0.4, -0.2) is 46.8 Å². The maximum Gasteiger partial charge on any atom is 0.336 e. The van der Waals surface area contributed by atoms with Crippen molar-refractivity contribution in [3.8, 4) is 0 Å². The van der Waals surface area contributed by atoms with Crippen LogP contribution in [0.2, 0.25) is 0 Å². The van der Waals surface area contributed by atoms with E-state index < -0.39 is 0 Å². The van der Waals surface area contributed by atoms with Gasteiger partial charge in [0.1, 0.15) is 0 Å². The molecule has 2 aliphatic heterocycles. The standard InChI is InChI=1S/C34H42N2O4/c1-7-40-32(39)30-23(3)35(29(37)16-28(30)25-12-8-10-22(2)14-25)19-24-11-9-13-26(15-24)31(38)36-21-34(6)18-27(36)17-33(4,5)20-34/h8-15,27-28H,7,16-21H2,1-6H3. The fourth-order valence-electron chi connectivity index (χ4n) is 7.70. The number of allylic oxidation sites excluding steroid dienone is 1. The lowest BCUT2D eigenvalue weighted by Gasteiger charge is -2.39. The van der Waals surface area contributed by atoms with Crippen LogP contribution in [0.15, 0.2) is 59.8 Å². The van der Waals surface area contributed by atoms with E-state index in [4.69, 9.17) is 4.74 Å². The number of esters is 1. The fourth-order valence-corrected chi connectivity index (χ4v) is 7.70. The number of hydrogen-bond donors (Lipinski definition) is 0. The molecule has 6 nitrogen and oxygen atoms in total. The molecule has 5 rings (SSSR count). The van der Waals surface area contributed by atoms with Crippen LogP contribution in [0, 0.1) is 17.8 Å². The van der Waals surface area contributed by atoms with E-state index in [0.29, 0.717) is 23.4 Å². The first kappa shape index (κ1) is 28.1. The largest absolute Gasteiger partial charge is 0.463 e. The second-order valence-corrected chi connectivity index (χ2v) is 13.2. The Hall–Kier alpha value is -3.41. The van der Waals surface area contributed by atoms with Crippen molar-refractivity contribution in [2.24, 2.45) is 10.8 Å². The topological polar surface area (TPSA) is 66.9 Å². The summed E-state index contributed by atoms with van der Waals surface area (Å²) in [5, 5.41) is 0. The molecule has 0 N–H and O–H groups in total. The van der Waals surface area contributed by atoms with Gasteiger partial charge in [0.05, 0.1) is 18.7 Å². The third-order valence-corrected chi connectivity index (χ3v) is 8.95. The zero-order valence-corrected chi connectivity index (χ0v) is 24.8. The predicted octanol–water partition coefficient (Wildman–Crippen LogP) is 6.39. The number of rotatable bonds is 6. The Morgan fingerprint density at radius 1 is 1.02 bits per heavy atom. The van der Waals surface area contributed by atoms with Gasteiger partial charge in [0.15, 0.2) is 0 Å². The summed E-state index contributed by atoms with van der Waals surface area (Å²) in [5.74, 6) is -0.713. The number of amides is 2. The van der Waals surface area contributed by atoms with Gasteiger partial charge in [-0.15, -0.1) is 0 Å². The Bertz CT molecular complexity index is 1380. The Balaban J connectivity index is 1.42. The van der Waals surface area contributed by atoms with E-state index >= 15 is 0 Å². The third kappa shape index (κ3) is 5.45. The summed E-state index contributed by atoms with van der Waals surface area (Å²) in [4.78, 5) is 44.2. The zero-order chi connectivity index (χ0) is 28.8. The molecule has 3 atom stereocenters. The molecule has 1 saturated carbocycles. The molecule has 2 aromatic rings. The number of nitrogens with zero attached hydrogens (tertiary/aromatic N) is 2. The molecule has 1 aliphatic carbocycles. The van der Waals surface area contributed by atoms with Crippen LogP contribution in [0.3, 0.4) is 0 Å². The van der Waals surface area contributed by atoms with Crippen LogP contribution in [0.25, 0.3) is 0 Å². The molecular formula is C34H42N2O4. The fraction of sp³-hybridized carbons (Fsp3) is 0.500. The molecule has 2 fully saturated rings. The third-order valence-electron chi connectivity index (χ3n) is 8.95. The molecule has 1 saturated heterocycles. The van der Waals surface area contributed by atoms with Crippen LogP contribution in [0.1, 0.15) is 93.3 Å². The molecule has 2 amide bonds. The summed E-state index contributed by atoms with van der Waals surface area (Å²) < 4.78 is 5.45. The van der Waals surface area contributed by atoms with E-state index in [2.05, 4.69) is 25.7 Å². The van der Waals surface area contributed by atoms with Crippen LogP contribution in [0.4, 0.5) is 0 Å². The first-order valence-corrected chi connectivity index (χ1v) is 14.5. The highest BCUT2D eigenvalue weighted by Crippen LogP contribution is 2.52. The van der Waals surface area contributed by atoms with Gasteiger partial charge in [-0.25, -0.2) is 4.79 Å². The summed E-state index contributed by atoms with van der Waals surface area (Å²) in [6.07, 6.45) is 3.42. The first-order valence-electron chi connectivity index (χ1n) is 14.5. The number of carbonyl (C=O) groups is 3. The minimum atomic E-state index is -0.385. The molecule has 0 aromatic heterocycles. The zero-order valence-electron chi connectivity index (χ0n) is 24.8. The van der Waals surface area contributed by atoms with Crippen LogP contribution in [0.5, 0.6) is 0 Å². The molecule has 0 radical (unpaired) electrons. The Morgan fingerprint density at radius 3 is 2.50 bits per heavy atom. The summed E-state index contributed by atoms with van der Waals surface area (Å²) >= 11 is 0. The van der Waals surface area contributed by atoms with Crippen LogP contribution >= 0.6 is 0 Å². The van der Waals surface area contributed by atoms with Gasteiger partial charge in [-0.3, -0.25) is 9.59 Å². The number of carbonyl (C=O) groups excluding carboxylic acids is 3. The highest BCUT2D eigenvalue weighted by Gasteiger charge is 2.51. The highest BCUT2D eigenvalue weighted by atomic mass is 16.5. The van der Waals surface area contributed by atoms with E-state index in [-0.39, 0.29) is 53.6 Å². The normalized spacial score (nSPS) is 25.8. The summed E-state index contributed by atoms with van der Waals surface area (Å²) in [6.45, 7) is 13.9. The van der Waals surface area contributed by atoms with Crippen molar-refractivity contribution in [3.63, 3.8) is 0 Å². The highest BCUT2D eigenvalue weighted by molar-refractivity contribution is 5.96. The minimum Gasteiger partial charge on any atom is -0.463 e. The molecule has 2 heterocycles. The Morgan fingerprint density at radius 2 is 1.77 bits per heavy atom. The van der Waals surface area contributed by atoms with Gasteiger partial charge in [-0.05, 0) is 74.1 Å².